The number of halogens is 3. The first kappa shape index (κ1) is 13.5. The van der Waals surface area contributed by atoms with Crippen molar-refractivity contribution in [3.05, 3.63) is 35.4 Å². The Morgan fingerprint density at radius 2 is 1.71 bits per heavy atom. The Morgan fingerprint density at radius 3 is 2.24 bits per heavy atom. The summed E-state index contributed by atoms with van der Waals surface area (Å²) >= 11 is 0. The van der Waals surface area contributed by atoms with E-state index in [1.54, 1.807) is 19.9 Å². The summed E-state index contributed by atoms with van der Waals surface area (Å²) in [5.41, 5.74) is 1.00. The fourth-order valence-corrected chi connectivity index (χ4v) is 1.57. The van der Waals surface area contributed by atoms with Crippen LogP contribution in [0.2, 0.25) is 0 Å². The predicted octanol–water partition coefficient (Wildman–Crippen LogP) is 4.00. The van der Waals surface area contributed by atoms with Gasteiger partial charge in [0, 0.05) is 0 Å². The number of alkyl halides is 3. The average molecular weight is 244 g/mol. The van der Waals surface area contributed by atoms with Crippen LogP contribution in [0.3, 0.4) is 0 Å². The van der Waals surface area contributed by atoms with Crippen molar-refractivity contribution in [1.29, 1.82) is 0 Å². The Hall–Kier alpha value is -1.52. The van der Waals surface area contributed by atoms with Crippen molar-refractivity contribution in [2.75, 3.05) is 0 Å². The molecule has 0 saturated heterocycles. The van der Waals surface area contributed by atoms with Crippen LogP contribution in [-0.4, -0.2) is 9.38 Å². The van der Waals surface area contributed by atoms with E-state index in [9.17, 15) is 13.2 Å². The van der Waals surface area contributed by atoms with Crippen LogP contribution in [0.1, 0.15) is 30.8 Å². The second-order valence-corrected chi connectivity index (χ2v) is 3.50. The van der Waals surface area contributed by atoms with E-state index in [4.69, 9.17) is 0 Å². The summed E-state index contributed by atoms with van der Waals surface area (Å²) in [6.45, 7) is 7.33. The van der Waals surface area contributed by atoms with Crippen LogP contribution in [0, 0.1) is 13.8 Å². The summed E-state index contributed by atoms with van der Waals surface area (Å²) < 4.78 is 39.0. The molecule has 0 fully saturated rings. The van der Waals surface area contributed by atoms with Gasteiger partial charge in [-0.15, -0.1) is 0 Å². The lowest BCUT2D eigenvalue weighted by Gasteiger charge is -2.10. The van der Waals surface area contributed by atoms with Gasteiger partial charge in [-0.1, -0.05) is 13.8 Å². The number of rotatable bonds is 0. The number of hydrogen-bond donors (Lipinski definition) is 0. The number of fused-ring (bicyclic) bond motifs is 1. The lowest BCUT2D eigenvalue weighted by atomic mass is 10.2. The second-order valence-electron chi connectivity index (χ2n) is 3.50. The normalized spacial score (nSPS) is 11.2. The number of aryl methyl sites for hydroxylation is 2. The fourth-order valence-electron chi connectivity index (χ4n) is 1.57. The molecule has 2 aromatic heterocycles. The average Bonchev–Trinajstić information content (AvgIpc) is 2.61. The van der Waals surface area contributed by atoms with Gasteiger partial charge in [-0.2, -0.15) is 13.2 Å². The lowest BCUT2D eigenvalue weighted by molar-refractivity contribution is -0.142. The van der Waals surface area contributed by atoms with E-state index in [1.807, 2.05) is 13.8 Å². The van der Waals surface area contributed by atoms with Gasteiger partial charge in [0.25, 0.3) is 0 Å². The maximum atomic E-state index is 12.7. The standard InChI is InChI=1S/C10H9F3N2.C2H6/c1-6-3-8-7(2)14-5-15(8)9(4-6)10(11,12)13;1-2/h3-5H,1-2H3;1-2H3. The molecule has 0 aromatic carbocycles. The maximum Gasteiger partial charge on any atom is 0.431 e. The molecule has 0 bridgehead atoms. The number of aromatic nitrogens is 2. The number of nitrogens with zero attached hydrogens (tertiary/aromatic N) is 2. The largest absolute Gasteiger partial charge is 0.431 e. The summed E-state index contributed by atoms with van der Waals surface area (Å²) in [7, 11) is 0. The van der Waals surface area contributed by atoms with E-state index in [-0.39, 0.29) is 0 Å². The molecule has 0 spiro atoms. The van der Waals surface area contributed by atoms with E-state index < -0.39 is 11.9 Å². The fraction of sp³-hybridized carbons (Fsp3) is 0.417. The van der Waals surface area contributed by atoms with Gasteiger partial charge < -0.3 is 0 Å². The van der Waals surface area contributed by atoms with Crippen LogP contribution in [0.5, 0.6) is 0 Å². The zero-order chi connectivity index (χ0) is 13.2. The Kier molecular flexibility index (Phi) is 3.80. The van der Waals surface area contributed by atoms with Gasteiger partial charge in [0.1, 0.15) is 5.69 Å². The smallest absolute Gasteiger partial charge is 0.295 e. The van der Waals surface area contributed by atoms with E-state index in [0.717, 1.165) is 10.5 Å². The Balaban J connectivity index is 0.000000686. The molecule has 17 heavy (non-hydrogen) atoms. The zero-order valence-corrected chi connectivity index (χ0v) is 10.3. The molecule has 0 unspecified atom stereocenters. The summed E-state index contributed by atoms with van der Waals surface area (Å²) in [6, 6.07) is 2.81. The topological polar surface area (TPSA) is 17.3 Å². The highest BCUT2D eigenvalue weighted by Gasteiger charge is 2.33. The molecular formula is C12H15F3N2. The van der Waals surface area contributed by atoms with Crippen LogP contribution < -0.4 is 0 Å². The first-order valence-corrected chi connectivity index (χ1v) is 5.41. The van der Waals surface area contributed by atoms with Crippen LogP contribution in [0.4, 0.5) is 13.2 Å². The Bertz CT molecular complexity index is 512. The Morgan fingerprint density at radius 1 is 1.12 bits per heavy atom. The molecule has 0 atom stereocenters. The van der Waals surface area contributed by atoms with Crippen molar-refractivity contribution in [3.63, 3.8) is 0 Å². The monoisotopic (exact) mass is 244 g/mol. The highest BCUT2D eigenvalue weighted by atomic mass is 19.4. The quantitative estimate of drug-likeness (QED) is 0.684. The lowest BCUT2D eigenvalue weighted by Crippen LogP contribution is -2.11. The van der Waals surface area contributed by atoms with Gasteiger partial charge in [-0.3, -0.25) is 4.40 Å². The van der Waals surface area contributed by atoms with E-state index in [1.165, 1.54) is 6.33 Å². The maximum absolute atomic E-state index is 12.7. The van der Waals surface area contributed by atoms with Gasteiger partial charge in [-0.25, -0.2) is 4.98 Å². The SMILES string of the molecule is CC.Cc1cc(C(F)(F)F)n2cnc(C)c2c1. The molecule has 0 saturated carbocycles. The van der Waals surface area contributed by atoms with Gasteiger partial charge in [0.15, 0.2) is 0 Å². The first-order valence-electron chi connectivity index (χ1n) is 5.41. The molecule has 0 amide bonds. The van der Waals surface area contributed by atoms with Crippen molar-refractivity contribution >= 4 is 5.52 Å². The number of pyridine rings is 1. The number of imidazole rings is 1. The minimum Gasteiger partial charge on any atom is -0.295 e. The van der Waals surface area contributed by atoms with Crippen molar-refractivity contribution < 1.29 is 13.2 Å². The predicted molar refractivity (Wildman–Crippen MR) is 61.0 cm³/mol. The zero-order valence-electron chi connectivity index (χ0n) is 10.3. The van der Waals surface area contributed by atoms with Gasteiger partial charge in [0.05, 0.1) is 17.5 Å². The van der Waals surface area contributed by atoms with Crippen LogP contribution in [0.25, 0.3) is 5.52 Å². The molecule has 0 aliphatic heterocycles. The van der Waals surface area contributed by atoms with E-state index >= 15 is 0 Å². The molecule has 2 aromatic rings. The molecule has 0 radical (unpaired) electrons. The summed E-state index contributed by atoms with van der Waals surface area (Å²) in [5.74, 6) is 0. The molecule has 5 heteroatoms. The molecule has 0 N–H and O–H groups in total. The molecule has 0 aliphatic carbocycles. The molecule has 2 rings (SSSR count). The highest BCUT2D eigenvalue weighted by molar-refractivity contribution is 5.54. The third-order valence-electron chi connectivity index (χ3n) is 2.28. The minimum absolute atomic E-state index is 0.502. The second kappa shape index (κ2) is 4.77. The summed E-state index contributed by atoms with van der Waals surface area (Å²) in [4.78, 5) is 3.87. The van der Waals surface area contributed by atoms with Crippen LogP contribution in [-0.2, 0) is 6.18 Å². The molecule has 0 aliphatic rings. The molecule has 2 nitrogen and oxygen atoms in total. The van der Waals surface area contributed by atoms with Gasteiger partial charge >= 0.3 is 6.18 Å². The van der Waals surface area contributed by atoms with Crippen molar-refractivity contribution in [3.8, 4) is 0 Å². The Labute approximate surface area is 98.1 Å². The third-order valence-corrected chi connectivity index (χ3v) is 2.28. The third kappa shape index (κ3) is 2.60. The van der Waals surface area contributed by atoms with Gasteiger partial charge in [-0.05, 0) is 31.5 Å². The molecule has 2 heterocycles. The first-order chi connectivity index (χ1) is 7.89. The van der Waals surface area contributed by atoms with Crippen LogP contribution in [0.15, 0.2) is 18.5 Å². The van der Waals surface area contributed by atoms with Gasteiger partial charge in [0.2, 0.25) is 0 Å². The molecule has 94 valence electrons. The summed E-state index contributed by atoms with van der Waals surface area (Å²) in [6.07, 6.45) is -3.15. The molecular weight excluding hydrogens is 229 g/mol. The van der Waals surface area contributed by atoms with Crippen molar-refractivity contribution in [2.45, 2.75) is 33.9 Å². The van der Waals surface area contributed by atoms with Crippen molar-refractivity contribution in [1.82, 2.24) is 9.38 Å². The van der Waals surface area contributed by atoms with E-state index in [2.05, 4.69) is 4.98 Å². The highest BCUT2D eigenvalue weighted by Crippen LogP contribution is 2.31. The van der Waals surface area contributed by atoms with Crippen molar-refractivity contribution in [2.24, 2.45) is 0 Å². The minimum atomic E-state index is -4.35. The summed E-state index contributed by atoms with van der Waals surface area (Å²) in [5, 5.41) is 0. The number of hydrogen-bond acceptors (Lipinski definition) is 1. The van der Waals surface area contributed by atoms with E-state index in [0.29, 0.717) is 16.8 Å². The van der Waals surface area contributed by atoms with Crippen LogP contribution >= 0.6 is 0 Å².